The van der Waals surface area contributed by atoms with Crippen molar-refractivity contribution in [3.05, 3.63) is 35.9 Å². The fraction of sp³-hybridized carbons (Fsp3) is 0.717. The molecule has 1 aliphatic heterocycles. The lowest BCUT2D eigenvalue weighted by atomic mass is 9.86. The molecular formula is C46H75N5O8. The van der Waals surface area contributed by atoms with E-state index in [9.17, 15) is 33.6 Å². The van der Waals surface area contributed by atoms with Crippen LogP contribution in [-0.4, -0.2) is 113 Å². The zero-order valence-corrected chi connectivity index (χ0v) is 38.2. The first-order valence-corrected chi connectivity index (χ1v) is 21.8. The van der Waals surface area contributed by atoms with E-state index < -0.39 is 77.7 Å². The Bertz CT molecular complexity index is 1570. The number of nitrogens with zero attached hydrogens (tertiary/aromatic N) is 3. The molecule has 59 heavy (non-hydrogen) atoms. The largest absolute Gasteiger partial charge is 0.451 e. The average Bonchev–Trinajstić information content (AvgIpc) is 3.17. The van der Waals surface area contributed by atoms with Crippen LogP contribution < -0.4 is 10.6 Å². The molecule has 1 heterocycles. The van der Waals surface area contributed by atoms with E-state index >= 15 is 0 Å². The molecule has 0 radical (unpaired) electrons. The Hall–Kier alpha value is -4.29. The van der Waals surface area contributed by atoms with Gasteiger partial charge in [-0.15, -0.1) is 0 Å². The number of Topliss-reactive ketones (excluding diaryl/α,β-unsaturated/α-hetero) is 1. The number of esters is 1. The lowest BCUT2D eigenvalue weighted by molar-refractivity contribution is -0.162. The van der Waals surface area contributed by atoms with Crippen molar-refractivity contribution in [3.8, 4) is 0 Å². The summed E-state index contributed by atoms with van der Waals surface area (Å²) in [6.07, 6.45) is 2.59. The van der Waals surface area contributed by atoms with Crippen molar-refractivity contribution in [3.63, 3.8) is 0 Å². The normalized spacial score (nSPS) is 25.9. The summed E-state index contributed by atoms with van der Waals surface area (Å²) in [5.74, 6) is -4.53. The molecule has 13 nitrogen and oxygen atoms in total. The van der Waals surface area contributed by atoms with Gasteiger partial charge in [-0.25, -0.2) is 4.79 Å². The Labute approximate surface area is 354 Å². The van der Waals surface area contributed by atoms with Gasteiger partial charge < -0.3 is 30.1 Å². The number of likely N-dealkylation sites (N-methyl/N-ethyl adjacent to an activating group) is 3. The van der Waals surface area contributed by atoms with E-state index in [1.165, 1.54) is 35.6 Å². The maximum atomic E-state index is 14.7. The summed E-state index contributed by atoms with van der Waals surface area (Å²) in [5.41, 5.74) is 0.798. The molecule has 0 bridgehead atoms. The molecule has 0 saturated carbocycles. The molecule has 13 heteroatoms. The number of cyclic esters (lactones) is 1. The van der Waals surface area contributed by atoms with Crippen LogP contribution in [-0.2, 0) is 44.7 Å². The highest BCUT2D eigenvalue weighted by molar-refractivity contribution is 5.97. The van der Waals surface area contributed by atoms with Crippen LogP contribution in [0.2, 0.25) is 0 Å². The molecule has 1 fully saturated rings. The number of unbranched alkanes of at least 4 members (excludes halogenated alkanes) is 1. The first kappa shape index (κ1) is 50.9. The fourth-order valence-corrected chi connectivity index (χ4v) is 7.72. The van der Waals surface area contributed by atoms with Gasteiger partial charge in [0.2, 0.25) is 23.6 Å². The molecule has 5 amide bonds. The number of hydrogen-bond donors (Lipinski definition) is 2. The van der Waals surface area contributed by atoms with Gasteiger partial charge in [0, 0.05) is 39.9 Å². The molecule has 8 atom stereocenters. The quantitative estimate of drug-likeness (QED) is 0.244. The Morgan fingerprint density at radius 1 is 0.661 bits per heavy atom. The second-order valence-electron chi connectivity index (χ2n) is 18.2. The minimum atomic E-state index is -1.31. The molecule has 332 valence electrons. The number of rotatable bonds is 13. The van der Waals surface area contributed by atoms with Gasteiger partial charge >= 0.3 is 5.97 Å². The van der Waals surface area contributed by atoms with Crippen LogP contribution in [0.15, 0.2) is 30.3 Å². The average molecular weight is 826 g/mol. The second kappa shape index (κ2) is 24.1. The Morgan fingerprint density at radius 2 is 1.19 bits per heavy atom. The molecular weight excluding hydrogens is 751 g/mol. The van der Waals surface area contributed by atoms with E-state index in [1.54, 1.807) is 14.1 Å². The van der Waals surface area contributed by atoms with Crippen LogP contribution in [0.3, 0.4) is 0 Å². The van der Waals surface area contributed by atoms with Crippen molar-refractivity contribution in [2.24, 2.45) is 29.6 Å². The highest BCUT2D eigenvalue weighted by atomic mass is 16.5. The molecule has 1 aromatic rings. The van der Waals surface area contributed by atoms with E-state index in [1.807, 2.05) is 78.8 Å². The molecule has 0 aromatic heterocycles. The van der Waals surface area contributed by atoms with Gasteiger partial charge in [0.25, 0.3) is 5.91 Å². The number of benzene rings is 1. The number of hydrogen-bond acceptors (Lipinski definition) is 8. The minimum Gasteiger partial charge on any atom is -0.451 e. The Morgan fingerprint density at radius 3 is 1.75 bits per heavy atom. The number of ketones is 1. The minimum absolute atomic E-state index is 0.00703. The van der Waals surface area contributed by atoms with Crippen LogP contribution in [0.4, 0.5) is 0 Å². The first-order chi connectivity index (χ1) is 27.6. The topological polar surface area (TPSA) is 162 Å². The predicted molar refractivity (Wildman–Crippen MR) is 230 cm³/mol. The summed E-state index contributed by atoms with van der Waals surface area (Å²) in [5, 5.41) is 5.75. The smallest absolute Gasteiger partial charge is 0.329 e. The Balaban J connectivity index is 2.82. The summed E-state index contributed by atoms with van der Waals surface area (Å²) in [6.45, 7) is 18.6. The summed E-state index contributed by atoms with van der Waals surface area (Å²) in [4.78, 5) is 103. The molecule has 1 aromatic carbocycles. The number of carbonyl (C=O) groups is 7. The van der Waals surface area contributed by atoms with E-state index in [2.05, 4.69) is 17.6 Å². The number of carbonyl (C=O) groups excluding carboxylic acids is 7. The summed E-state index contributed by atoms with van der Waals surface area (Å²) in [6, 6.07) is 4.13. The predicted octanol–water partition coefficient (Wildman–Crippen LogP) is 5.58. The summed E-state index contributed by atoms with van der Waals surface area (Å²) < 4.78 is 5.59. The van der Waals surface area contributed by atoms with Crippen molar-refractivity contribution < 1.29 is 38.3 Å². The van der Waals surface area contributed by atoms with E-state index in [0.29, 0.717) is 12.8 Å². The van der Waals surface area contributed by atoms with Crippen LogP contribution in [0.25, 0.3) is 0 Å². The van der Waals surface area contributed by atoms with Crippen LogP contribution >= 0.6 is 0 Å². The highest BCUT2D eigenvalue weighted by Gasteiger charge is 2.40. The SMILES string of the molecule is CCCC[C@@H](C)CC1NC(=O)[C@H](Cc2ccccc2)N(C)C(=O)[C@H](CC(C)C)CC(=O)[C@H](CC(C)C)N(C)C(=O)[C@H](CC(C)C)NC(=O)[C@@H](C)OC(=O)[C@H](C)N(C)C1=O. The van der Waals surface area contributed by atoms with E-state index in [-0.39, 0.29) is 55.1 Å². The van der Waals surface area contributed by atoms with E-state index in [0.717, 1.165) is 24.8 Å². The highest BCUT2D eigenvalue weighted by Crippen LogP contribution is 2.25. The van der Waals surface area contributed by atoms with Crippen molar-refractivity contribution in [2.75, 3.05) is 21.1 Å². The monoisotopic (exact) mass is 826 g/mol. The van der Waals surface area contributed by atoms with Crippen LogP contribution in [0, 0.1) is 29.6 Å². The van der Waals surface area contributed by atoms with Gasteiger partial charge in [-0.3, -0.25) is 28.8 Å². The van der Waals surface area contributed by atoms with Crippen molar-refractivity contribution >= 4 is 41.3 Å². The van der Waals surface area contributed by atoms with Crippen molar-refractivity contribution in [2.45, 2.75) is 163 Å². The standard InChI is InChI=1S/C46H75N5O8/c1-14-15-19-31(8)25-37-44(56)49(11)32(9)46(58)59-33(10)41(53)47-36(23-29(4)5)45(57)50(12)38(24-30(6)7)40(52)27-35(22-28(2)3)43(55)51(13)39(42(54)48-37)26-34-20-17-16-18-21-34/h16-18,20-21,28-33,35-39H,14-15,19,22-27H2,1-13H3,(H,47,53)(H,48,54)/t31-,32+,33-,35-,36+,37?,38+,39+/m1/s1. The molecule has 2 N–H and O–H groups in total. The fourth-order valence-electron chi connectivity index (χ4n) is 7.72. The van der Waals surface area contributed by atoms with Crippen molar-refractivity contribution in [1.82, 2.24) is 25.3 Å². The number of amides is 5. The maximum Gasteiger partial charge on any atom is 0.329 e. The summed E-state index contributed by atoms with van der Waals surface area (Å²) >= 11 is 0. The zero-order valence-electron chi connectivity index (χ0n) is 38.2. The summed E-state index contributed by atoms with van der Waals surface area (Å²) in [7, 11) is 4.57. The number of nitrogens with one attached hydrogen (secondary N) is 2. The molecule has 1 aliphatic rings. The second-order valence-corrected chi connectivity index (χ2v) is 18.2. The molecule has 0 spiro atoms. The van der Waals surface area contributed by atoms with Gasteiger partial charge in [0.05, 0.1) is 6.04 Å². The lowest BCUT2D eigenvalue weighted by Crippen LogP contribution is -2.57. The zero-order chi connectivity index (χ0) is 44.7. The third-order valence-electron chi connectivity index (χ3n) is 11.4. The lowest BCUT2D eigenvalue weighted by Gasteiger charge is -2.35. The van der Waals surface area contributed by atoms with Crippen LogP contribution in [0.1, 0.15) is 126 Å². The van der Waals surface area contributed by atoms with Gasteiger partial charge in [-0.2, -0.15) is 0 Å². The van der Waals surface area contributed by atoms with Crippen LogP contribution in [0.5, 0.6) is 0 Å². The molecule has 1 saturated heterocycles. The number of ether oxygens (including phenoxy) is 1. The van der Waals surface area contributed by atoms with Gasteiger partial charge in [0.1, 0.15) is 24.2 Å². The van der Waals surface area contributed by atoms with E-state index in [4.69, 9.17) is 4.74 Å². The third-order valence-corrected chi connectivity index (χ3v) is 11.4. The van der Waals surface area contributed by atoms with Gasteiger partial charge in [-0.1, -0.05) is 105 Å². The third kappa shape index (κ3) is 15.7. The Kier molecular flexibility index (Phi) is 20.8. The van der Waals surface area contributed by atoms with Gasteiger partial charge in [-0.05, 0) is 68.8 Å². The first-order valence-electron chi connectivity index (χ1n) is 21.8. The van der Waals surface area contributed by atoms with Crippen molar-refractivity contribution in [1.29, 1.82) is 0 Å². The maximum absolute atomic E-state index is 14.7. The molecule has 1 unspecified atom stereocenters. The molecule has 0 aliphatic carbocycles. The molecule has 2 rings (SSSR count). The van der Waals surface area contributed by atoms with Gasteiger partial charge in [0.15, 0.2) is 11.9 Å².